The predicted molar refractivity (Wildman–Crippen MR) is 140 cm³/mol. The molecule has 2 aliphatic carbocycles. The van der Waals surface area contributed by atoms with E-state index in [-0.39, 0.29) is 12.1 Å². The number of carbonyl (C=O) groups is 1. The number of rotatable bonds is 8. The van der Waals surface area contributed by atoms with E-state index in [0.717, 1.165) is 82.5 Å². The maximum atomic E-state index is 13.7. The Kier molecular flexibility index (Phi) is 8.08. The molecule has 5 rings (SSSR count). The van der Waals surface area contributed by atoms with E-state index in [1.807, 2.05) is 36.4 Å². The second-order valence-electron chi connectivity index (χ2n) is 10.9. The molecule has 0 spiro atoms. The van der Waals surface area contributed by atoms with Crippen molar-refractivity contribution in [1.82, 2.24) is 4.90 Å². The zero-order valence-corrected chi connectivity index (χ0v) is 21.1. The van der Waals surface area contributed by atoms with Gasteiger partial charge in [0.2, 0.25) is 0 Å². The minimum Gasteiger partial charge on any atom is -0.494 e. The van der Waals surface area contributed by atoms with Gasteiger partial charge in [0.25, 0.3) is 0 Å². The second kappa shape index (κ2) is 11.6. The average Bonchev–Trinajstić information content (AvgIpc) is 3.24. The van der Waals surface area contributed by atoms with Crippen LogP contribution in [0.25, 0.3) is 0 Å². The summed E-state index contributed by atoms with van der Waals surface area (Å²) in [7, 11) is 0. The van der Waals surface area contributed by atoms with E-state index < -0.39 is 5.41 Å². The zero-order valence-electron chi connectivity index (χ0n) is 21.1. The number of ether oxygens (including phenoxy) is 2. The van der Waals surface area contributed by atoms with Gasteiger partial charge in [-0.1, -0.05) is 74.2 Å². The van der Waals surface area contributed by atoms with Gasteiger partial charge >= 0.3 is 5.97 Å². The average molecular weight is 476 g/mol. The van der Waals surface area contributed by atoms with Gasteiger partial charge in [0, 0.05) is 12.5 Å². The third kappa shape index (κ3) is 5.74. The molecule has 2 aromatic carbocycles. The second-order valence-corrected chi connectivity index (χ2v) is 10.9. The van der Waals surface area contributed by atoms with Crippen LogP contribution in [0, 0.1) is 11.8 Å². The third-order valence-electron chi connectivity index (χ3n) is 8.78. The topological polar surface area (TPSA) is 38.8 Å². The highest BCUT2D eigenvalue weighted by atomic mass is 16.5. The Morgan fingerprint density at radius 3 is 2.31 bits per heavy atom. The predicted octanol–water partition coefficient (Wildman–Crippen LogP) is 6.39. The number of hydrogen-bond donors (Lipinski definition) is 0. The zero-order chi connectivity index (χ0) is 23.9. The highest BCUT2D eigenvalue weighted by molar-refractivity contribution is 5.83. The van der Waals surface area contributed by atoms with Crippen LogP contribution in [0.1, 0.15) is 69.8 Å². The molecule has 0 bridgehead atoms. The Hall–Kier alpha value is -2.33. The highest BCUT2D eigenvalue weighted by Gasteiger charge is 2.48. The molecule has 1 heterocycles. The van der Waals surface area contributed by atoms with Crippen LogP contribution < -0.4 is 4.74 Å². The van der Waals surface area contributed by atoms with E-state index in [4.69, 9.17) is 9.47 Å². The van der Waals surface area contributed by atoms with Crippen LogP contribution in [0.2, 0.25) is 0 Å². The number of fused-ring (bicyclic) bond motifs is 1. The molecule has 0 N–H and O–H groups in total. The molecular formula is C31H41NO3. The lowest BCUT2D eigenvalue weighted by Gasteiger charge is -2.45. The minimum atomic E-state index is -0.446. The van der Waals surface area contributed by atoms with Gasteiger partial charge in [-0.15, -0.1) is 0 Å². The first kappa shape index (κ1) is 24.4. The van der Waals surface area contributed by atoms with Gasteiger partial charge in [0.05, 0.1) is 12.0 Å². The first-order chi connectivity index (χ1) is 17.2. The van der Waals surface area contributed by atoms with Gasteiger partial charge in [0.15, 0.2) is 0 Å². The summed E-state index contributed by atoms with van der Waals surface area (Å²) < 4.78 is 12.2. The van der Waals surface area contributed by atoms with Crippen molar-refractivity contribution < 1.29 is 14.3 Å². The first-order valence-corrected chi connectivity index (χ1v) is 13.9. The van der Waals surface area contributed by atoms with E-state index in [0.29, 0.717) is 11.8 Å². The van der Waals surface area contributed by atoms with Crippen molar-refractivity contribution in [3.8, 4) is 5.75 Å². The molecule has 2 aromatic rings. The van der Waals surface area contributed by atoms with Crippen molar-refractivity contribution in [3.05, 3.63) is 66.2 Å². The van der Waals surface area contributed by atoms with Crippen molar-refractivity contribution in [2.24, 2.45) is 11.8 Å². The van der Waals surface area contributed by atoms with Crippen LogP contribution in [0.4, 0.5) is 0 Å². The molecule has 4 heteroatoms. The van der Waals surface area contributed by atoms with Gasteiger partial charge in [-0.2, -0.15) is 0 Å². The number of nitrogens with zero attached hydrogens (tertiary/aromatic N) is 1. The quantitative estimate of drug-likeness (QED) is 0.252. The van der Waals surface area contributed by atoms with Crippen LogP contribution in [-0.4, -0.2) is 43.2 Å². The van der Waals surface area contributed by atoms with E-state index in [1.165, 1.54) is 19.3 Å². The van der Waals surface area contributed by atoms with Crippen molar-refractivity contribution >= 4 is 5.97 Å². The Morgan fingerprint density at radius 1 is 0.886 bits per heavy atom. The van der Waals surface area contributed by atoms with Gasteiger partial charge in [0.1, 0.15) is 11.9 Å². The Balaban J connectivity index is 1.13. The maximum absolute atomic E-state index is 13.7. The number of esters is 1. The summed E-state index contributed by atoms with van der Waals surface area (Å²) >= 11 is 0. The summed E-state index contributed by atoms with van der Waals surface area (Å²) in [5, 5.41) is 0. The molecule has 0 radical (unpaired) electrons. The largest absolute Gasteiger partial charge is 0.494 e. The van der Waals surface area contributed by atoms with E-state index in [2.05, 4.69) is 29.2 Å². The fourth-order valence-corrected chi connectivity index (χ4v) is 6.61. The van der Waals surface area contributed by atoms with Gasteiger partial charge in [-0.05, 0) is 75.2 Å². The molecule has 1 saturated heterocycles. The number of para-hydroxylation sites is 1. The van der Waals surface area contributed by atoms with Crippen LogP contribution >= 0.6 is 0 Å². The van der Waals surface area contributed by atoms with E-state index >= 15 is 0 Å². The van der Waals surface area contributed by atoms with Crippen molar-refractivity contribution in [2.45, 2.75) is 75.7 Å². The Labute approximate surface area is 211 Å². The lowest BCUT2D eigenvalue weighted by atomic mass is 9.68. The molecule has 35 heavy (non-hydrogen) atoms. The minimum absolute atomic E-state index is 0.0493. The molecular weight excluding hydrogens is 434 g/mol. The third-order valence-corrected chi connectivity index (χ3v) is 8.78. The summed E-state index contributed by atoms with van der Waals surface area (Å²) in [6.45, 7) is 4.09. The summed E-state index contributed by atoms with van der Waals surface area (Å²) in [4.78, 5) is 16.3. The molecule has 3 atom stereocenters. The molecule has 0 amide bonds. The summed E-state index contributed by atoms with van der Waals surface area (Å²) in [5.41, 5.74) is 0.714. The number of carbonyl (C=O) groups excluding carboxylic acids is 1. The summed E-state index contributed by atoms with van der Waals surface area (Å²) in [6, 6.07) is 20.5. The smallest absolute Gasteiger partial charge is 0.316 e. The molecule has 2 saturated carbocycles. The van der Waals surface area contributed by atoms with Gasteiger partial charge < -0.3 is 14.4 Å². The molecule has 4 nitrogen and oxygen atoms in total. The Morgan fingerprint density at radius 2 is 1.57 bits per heavy atom. The highest BCUT2D eigenvalue weighted by Crippen LogP contribution is 2.46. The molecule has 188 valence electrons. The van der Waals surface area contributed by atoms with Crippen LogP contribution in [0.5, 0.6) is 5.75 Å². The van der Waals surface area contributed by atoms with Crippen molar-refractivity contribution in [1.29, 1.82) is 0 Å². The molecule has 3 fully saturated rings. The van der Waals surface area contributed by atoms with Crippen LogP contribution in [-0.2, 0) is 14.9 Å². The SMILES string of the molecule is O=C(O[C@@H]1CC2CCN(CCCOc3ccccc3)CCC21)C1(c2ccccc2)CCCCCC1. The number of hydrogen-bond acceptors (Lipinski definition) is 4. The number of likely N-dealkylation sites (tertiary alicyclic amines) is 1. The van der Waals surface area contributed by atoms with Crippen LogP contribution in [0.3, 0.4) is 0 Å². The van der Waals surface area contributed by atoms with E-state index in [1.54, 1.807) is 0 Å². The monoisotopic (exact) mass is 475 g/mol. The van der Waals surface area contributed by atoms with Gasteiger partial charge in [-0.3, -0.25) is 4.79 Å². The van der Waals surface area contributed by atoms with Gasteiger partial charge in [-0.25, -0.2) is 0 Å². The number of benzene rings is 2. The lowest BCUT2D eigenvalue weighted by molar-refractivity contribution is -0.171. The Bertz CT molecular complexity index is 923. The fourth-order valence-electron chi connectivity index (χ4n) is 6.61. The van der Waals surface area contributed by atoms with Crippen molar-refractivity contribution in [2.75, 3.05) is 26.2 Å². The molecule has 1 aliphatic heterocycles. The van der Waals surface area contributed by atoms with Crippen molar-refractivity contribution in [3.63, 3.8) is 0 Å². The molecule has 2 unspecified atom stereocenters. The normalized spacial score (nSPS) is 26.5. The maximum Gasteiger partial charge on any atom is 0.316 e. The molecule has 0 aromatic heterocycles. The van der Waals surface area contributed by atoms with Crippen LogP contribution in [0.15, 0.2) is 60.7 Å². The molecule has 3 aliphatic rings. The summed E-state index contributed by atoms with van der Waals surface area (Å²) in [5.74, 6) is 2.24. The lowest BCUT2D eigenvalue weighted by Crippen LogP contribution is -2.48. The fraction of sp³-hybridized carbons (Fsp3) is 0.581. The summed E-state index contributed by atoms with van der Waals surface area (Å²) in [6.07, 6.45) is 11.1. The first-order valence-electron chi connectivity index (χ1n) is 13.9. The van der Waals surface area contributed by atoms with E-state index in [9.17, 15) is 4.79 Å². The standard InChI is InChI=1S/C31H41NO3/c33-30(31(18-9-1-2-10-19-31)26-12-5-3-6-13-26)35-29-24-25-16-21-32(22-17-28(25)29)20-11-23-34-27-14-7-4-8-15-27/h3-8,12-15,25,28-29H,1-2,9-11,16-24H2/t25?,28?,29-/m1/s1.